The van der Waals surface area contributed by atoms with Crippen LogP contribution in [0.4, 0.5) is 4.79 Å². The minimum absolute atomic E-state index is 0.0160. The Kier molecular flexibility index (Phi) is 9.71. The van der Waals surface area contributed by atoms with E-state index in [1.54, 1.807) is 0 Å². The zero-order valence-corrected chi connectivity index (χ0v) is 13.5. The Morgan fingerprint density at radius 1 is 0.900 bits per heavy atom. The summed E-state index contributed by atoms with van der Waals surface area (Å²) in [5.41, 5.74) is 0. The maximum atomic E-state index is 11.6. The van der Waals surface area contributed by atoms with E-state index in [0.717, 1.165) is 0 Å². The molecule has 0 bridgehead atoms. The van der Waals surface area contributed by atoms with E-state index in [1.165, 1.54) is 7.11 Å². The van der Waals surface area contributed by atoms with Crippen molar-refractivity contribution in [1.82, 2.24) is 10.6 Å². The van der Waals surface area contributed by atoms with E-state index in [4.69, 9.17) is 19.8 Å². The summed E-state index contributed by atoms with van der Waals surface area (Å²) in [6.07, 6.45) is -1.65. The number of aliphatic hydroxyl groups is 5. The number of amides is 2. The summed E-state index contributed by atoms with van der Waals surface area (Å²) >= 11 is 0. The molecule has 0 aromatic heterocycles. The molecule has 0 rings (SSSR count). The van der Waals surface area contributed by atoms with Gasteiger partial charge < -0.3 is 0 Å². The summed E-state index contributed by atoms with van der Waals surface area (Å²) in [5.74, 6) is 0. The van der Waals surface area contributed by atoms with E-state index in [-0.39, 0.29) is 44.3 Å². The van der Waals surface area contributed by atoms with E-state index in [1.807, 2.05) is 0 Å². The van der Waals surface area contributed by atoms with E-state index >= 15 is 0 Å². The first-order valence-corrected chi connectivity index (χ1v) is 11.4. The molecule has 0 unspecified atom stereocenters. The van der Waals surface area contributed by atoms with Gasteiger partial charge in [-0.3, -0.25) is 0 Å². The molecule has 0 spiro atoms. The zero-order chi connectivity index (χ0) is 15.6. The van der Waals surface area contributed by atoms with Crippen molar-refractivity contribution in [1.29, 1.82) is 0 Å². The van der Waals surface area contributed by atoms with Gasteiger partial charge in [-0.15, -0.1) is 0 Å². The molecule has 2 amide bonds. The molecule has 20 heavy (non-hydrogen) atoms. The SMILES string of the molecule is CO[PH](CO)(CO)CNC(=O)NC[PH](CO)(CO)CO. The van der Waals surface area contributed by atoms with Gasteiger partial charge in [-0.2, -0.15) is 0 Å². The van der Waals surface area contributed by atoms with Crippen molar-refractivity contribution < 1.29 is 34.9 Å². The maximum absolute atomic E-state index is 11.6. The number of carbonyl (C=O) groups is 1. The summed E-state index contributed by atoms with van der Waals surface area (Å²) in [4.78, 5) is 11.6. The Morgan fingerprint density at radius 2 is 1.35 bits per heavy atom. The van der Waals surface area contributed by atoms with Gasteiger partial charge in [0.05, 0.1) is 0 Å². The molecule has 0 radical (unpaired) electrons. The monoisotopic (exact) mass is 336 g/mol. The van der Waals surface area contributed by atoms with Gasteiger partial charge in [0.2, 0.25) is 0 Å². The average molecular weight is 336 g/mol. The van der Waals surface area contributed by atoms with Gasteiger partial charge in [-0.25, -0.2) is 0 Å². The van der Waals surface area contributed by atoms with Crippen LogP contribution in [0.2, 0.25) is 0 Å². The Morgan fingerprint density at radius 3 is 1.70 bits per heavy atom. The van der Waals surface area contributed by atoms with Crippen molar-refractivity contribution in [3.8, 4) is 0 Å². The third kappa shape index (κ3) is 5.71. The van der Waals surface area contributed by atoms with Crippen LogP contribution >= 0.6 is 14.8 Å². The second kappa shape index (κ2) is 9.76. The Labute approximate surface area is 118 Å². The summed E-state index contributed by atoms with van der Waals surface area (Å²) < 4.78 is 5.08. The van der Waals surface area contributed by atoms with Crippen LogP contribution in [0, 0.1) is 0 Å². The Balaban J connectivity index is 4.30. The third-order valence-corrected chi connectivity index (χ3v) is 8.99. The normalized spacial score (nSPS) is 13.9. The van der Waals surface area contributed by atoms with Crippen LogP contribution in [-0.2, 0) is 4.52 Å². The number of carbonyl (C=O) groups excluding carboxylic acids is 1. The Hall–Kier alpha value is -0.110. The molecule has 0 saturated heterocycles. The van der Waals surface area contributed by atoms with Crippen molar-refractivity contribution in [2.75, 3.05) is 51.4 Å². The molecule has 0 fully saturated rings. The second-order valence-electron chi connectivity index (χ2n) is 4.71. The molecular formula is C9H26N2O7P2. The van der Waals surface area contributed by atoms with Crippen LogP contribution in [0.3, 0.4) is 0 Å². The number of rotatable bonds is 10. The van der Waals surface area contributed by atoms with Crippen molar-refractivity contribution in [2.45, 2.75) is 0 Å². The Bertz CT molecular complexity index is 245. The van der Waals surface area contributed by atoms with Gasteiger partial charge in [0.25, 0.3) is 0 Å². The molecule has 0 aromatic carbocycles. The van der Waals surface area contributed by atoms with Crippen molar-refractivity contribution in [3.05, 3.63) is 0 Å². The first-order chi connectivity index (χ1) is 9.46. The van der Waals surface area contributed by atoms with Crippen LogP contribution in [-0.4, -0.2) is 83.0 Å². The number of hydrogen-bond donors (Lipinski definition) is 7. The molecule has 11 heteroatoms. The number of hydrogen-bond acceptors (Lipinski definition) is 7. The van der Waals surface area contributed by atoms with Crippen LogP contribution in [0.5, 0.6) is 0 Å². The van der Waals surface area contributed by atoms with Gasteiger partial charge >= 0.3 is 118 Å². The van der Waals surface area contributed by atoms with E-state index in [9.17, 15) is 15.0 Å². The third-order valence-electron chi connectivity index (χ3n) is 3.21. The topological polar surface area (TPSA) is 152 Å². The number of urea groups is 1. The quantitative estimate of drug-likeness (QED) is 0.228. The molecule has 0 aromatic rings. The molecule has 0 heterocycles. The summed E-state index contributed by atoms with van der Waals surface area (Å²) in [6.45, 7) is 0. The molecule has 0 aliphatic rings. The predicted octanol–water partition coefficient (Wildman–Crippen LogP) is -1.99. The molecule has 0 atom stereocenters. The fourth-order valence-corrected chi connectivity index (χ4v) is 3.63. The average Bonchev–Trinajstić information content (AvgIpc) is 2.51. The molecule has 0 saturated carbocycles. The van der Waals surface area contributed by atoms with Crippen LogP contribution in [0.15, 0.2) is 0 Å². The number of aliphatic hydroxyl groups excluding tert-OH is 5. The predicted molar refractivity (Wildman–Crippen MR) is 80.5 cm³/mol. The van der Waals surface area contributed by atoms with Gasteiger partial charge in [0.1, 0.15) is 0 Å². The minimum atomic E-state index is -2.78. The van der Waals surface area contributed by atoms with E-state index in [0.29, 0.717) is 0 Å². The summed E-state index contributed by atoms with van der Waals surface area (Å²) in [5, 5.41) is 50.7. The van der Waals surface area contributed by atoms with Gasteiger partial charge in [-0.1, -0.05) is 0 Å². The van der Waals surface area contributed by atoms with Crippen molar-refractivity contribution in [2.24, 2.45) is 0 Å². The van der Waals surface area contributed by atoms with Crippen LogP contribution < -0.4 is 10.6 Å². The van der Waals surface area contributed by atoms with Crippen molar-refractivity contribution >= 4 is 20.8 Å². The summed E-state index contributed by atoms with van der Waals surface area (Å²) in [7, 11) is -4.12. The molecular weight excluding hydrogens is 310 g/mol. The molecule has 9 nitrogen and oxygen atoms in total. The fourth-order valence-electron chi connectivity index (χ4n) is 1.25. The first kappa shape index (κ1) is 19.9. The molecule has 0 aliphatic carbocycles. The number of nitrogens with one attached hydrogen (secondary N) is 2. The zero-order valence-electron chi connectivity index (χ0n) is 11.5. The van der Waals surface area contributed by atoms with Gasteiger partial charge in [0.15, 0.2) is 0 Å². The first-order valence-electron chi connectivity index (χ1n) is 6.08. The molecule has 7 N–H and O–H groups in total. The van der Waals surface area contributed by atoms with Crippen LogP contribution in [0.1, 0.15) is 0 Å². The van der Waals surface area contributed by atoms with Crippen LogP contribution in [0.25, 0.3) is 0 Å². The fraction of sp³-hybridized carbons (Fsp3) is 0.889. The van der Waals surface area contributed by atoms with Gasteiger partial charge in [-0.05, 0) is 0 Å². The van der Waals surface area contributed by atoms with Crippen molar-refractivity contribution in [3.63, 3.8) is 0 Å². The van der Waals surface area contributed by atoms with E-state index in [2.05, 4.69) is 10.6 Å². The standard InChI is InChI=1S/C9H26N2O7P2/c1-18-20(7-15,8-16)3-11-9(17)10-2-19(4-12,5-13)6-14/h12-16,19-20H,2-8H2,1H3,(H2,10,11,17). The molecule has 124 valence electrons. The second-order valence-corrected chi connectivity index (χ2v) is 12.8. The molecule has 0 aliphatic heterocycles. The van der Waals surface area contributed by atoms with Gasteiger partial charge in [0, 0.05) is 0 Å². The van der Waals surface area contributed by atoms with E-state index < -0.39 is 20.8 Å². The summed E-state index contributed by atoms with van der Waals surface area (Å²) in [6, 6.07) is -0.576.